The van der Waals surface area contributed by atoms with Crippen LogP contribution in [0.4, 0.5) is 0 Å². The smallest absolute Gasteiger partial charge is 0.306 e. The average Bonchev–Trinajstić information content (AvgIpc) is 3.21. The van der Waals surface area contributed by atoms with Gasteiger partial charge in [-0.1, -0.05) is 135 Å². The third-order valence-electron chi connectivity index (χ3n) is 10.8. The molecule has 13 heteroatoms. The maximum Gasteiger partial charge on any atom is 0.306 e. The number of hydrogen-bond acceptors (Lipinski definition) is 11. The first kappa shape index (κ1) is 55.9. The summed E-state index contributed by atoms with van der Waals surface area (Å²) in [7, 11) is -4.60. The third-order valence-corrected chi connectivity index (χ3v) is 11.5. The molecular formula is C47H84O12S. The van der Waals surface area contributed by atoms with Crippen LogP contribution in [0.15, 0.2) is 30.0 Å². The van der Waals surface area contributed by atoms with Crippen LogP contribution in [0.3, 0.4) is 0 Å². The van der Waals surface area contributed by atoms with Gasteiger partial charge in [-0.05, 0) is 76.4 Å². The van der Waals surface area contributed by atoms with Crippen molar-refractivity contribution >= 4 is 22.1 Å². The van der Waals surface area contributed by atoms with Gasteiger partial charge in [-0.15, -0.1) is 5.73 Å². The van der Waals surface area contributed by atoms with Gasteiger partial charge < -0.3 is 34.3 Å². The van der Waals surface area contributed by atoms with Gasteiger partial charge in [0.05, 0.1) is 6.61 Å². The van der Waals surface area contributed by atoms with E-state index in [0.29, 0.717) is 12.8 Å². The summed E-state index contributed by atoms with van der Waals surface area (Å²) in [6.07, 6.45) is 30.0. The van der Waals surface area contributed by atoms with Crippen molar-refractivity contribution in [1.82, 2.24) is 0 Å². The zero-order chi connectivity index (χ0) is 44.1. The molecule has 0 aromatic rings. The first-order valence-corrected chi connectivity index (χ1v) is 25.2. The van der Waals surface area contributed by atoms with E-state index in [-0.39, 0.29) is 19.4 Å². The molecule has 2 unspecified atom stereocenters. The Bertz CT molecular complexity index is 1260. The van der Waals surface area contributed by atoms with E-state index < -0.39 is 71.2 Å². The number of carbonyl (C=O) groups is 2. The fourth-order valence-electron chi connectivity index (χ4n) is 7.06. The summed E-state index contributed by atoms with van der Waals surface area (Å²) < 4.78 is 54.1. The minimum Gasteiger partial charge on any atom is -0.462 e. The van der Waals surface area contributed by atoms with Gasteiger partial charge in [-0.2, -0.15) is 8.42 Å². The highest BCUT2D eigenvalue weighted by Crippen LogP contribution is 2.24. The van der Waals surface area contributed by atoms with Crippen molar-refractivity contribution in [2.45, 2.75) is 237 Å². The van der Waals surface area contributed by atoms with Gasteiger partial charge >= 0.3 is 11.9 Å². The van der Waals surface area contributed by atoms with Crippen LogP contribution in [0.25, 0.3) is 0 Å². The first-order valence-electron chi connectivity index (χ1n) is 23.6. The van der Waals surface area contributed by atoms with Crippen LogP contribution in [-0.2, 0) is 38.7 Å². The van der Waals surface area contributed by atoms with Crippen LogP contribution >= 0.6 is 0 Å². The summed E-state index contributed by atoms with van der Waals surface area (Å²) in [5, 5.41) is 30.9. The number of unbranched alkanes of at least 4 members (excludes halogenated alkanes) is 23. The predicted octanol–water partition coefficient (Wildman–Crippen LogP) is 9.77. The standard InChI is InChI=1S/C47H84O12S/c1-3-5-7-9-11-13-15-17-19-20-22-23-25-27-29-31-33-35-42(48)56-37-40(38-57-47-46(52)45(51)44(50)41(59-47)39-60(53,54)55)58-43(49)36-34-32-30-28-26-24-21-18-16-14-12-10-8-6-4-2/h16-17,19,21,40-41,44-47,50-52H,3-15,20,22-39H2,1-2H3,(H,53,54,55)/b19-17+/t18?,40-,41-,44-,45?,46?,47+/m1/s1. The molecule has 0 radical (unpaired) electrons. The molecule has 1 heterocycles. The largest absolute Gasteiger partial charge is 0.462 e. The second-order valence-corrected chi connectivity index (χ2v) is 18.0. The molecular weight excluding hydrogens is 789 g/mol. The average molecular weight is 873 g/mol. The normalized spacial score (nSPS) is 19.9. The summed E-state index contributed by atoms with van der Waals surface area (Å²) >= 11 is 0. The van der Waals surface area contributed by atoms with Crippen LogP contribution in [0.1, 0.15) is 200 Å². The minimum atomic E-state index is -4.60. The molecule has 1 rings (SSSR count). The van der Waals surface area contributed by atoms with E-state index in [4.69, 9.17) is 18.9 Å². The SMILES string of the molecule is CCCCCCCC=C=CCCCCCCCC(=O)O[C@H](COC(=O)CCCCCCCCC/C=C/CCCCCCCC)CO[C@H]1O[C@H](CS(=O)(=O)O)[C@@H](O)C(O)C1O. The Morgan fingerprint density at radius 2 is 1.05 bits per heavy atom. The van der Waals surface area contributed by atoms with E-state index in [1.54, 1.807) is 0 Å². The van der Waals surface area contributed by atoms with Gasteiger partial charge in [0.15, 0.2) is 12.4 Å². The Labute approximate surface area is 363 Å². The second kappa shape index (κ2) is 37.5. The maximum absolute atomic E-state index is 12.8. The van der Waals surface area contributed by atoms with Gasteiger partial charge in [0.1, 0.15) is 36.8 Å². The second-order valence-electron chi connectivity index (χ2n) is 16.5. The fourth-order valence-corrected chi connectivity index (χ4v) is 7.75. The fraction of sp³-hybridized carbons (Fsp3) is 0.851. The van der Waals surface area contributed by atoms with Crippen molar-refractivity contribution in [2.24, 2.45) is 0 Å². The lowest BCUT2D eigenvalue weighted by atomic mass is 10.00. The molecule has 1 fully saturated rings. The van der Waals surface area contributed by atoms with Crippen LogP contribution < -0.4 is 0 Å². The predicted molar refractivity (Wildman–Crippen MR) is 237 cm³/mol. The summed E-state index contributed by atoms with van der Waals surface area (Å²) in [6.45, 7) is 3.73. The molecule has 6 atom stereocenters. The quantitative estimate of drug-likeness (QED) is 0.0151. The minimum absolute atomic E-state index is 0.144. The molecule has 350 valence electrons. The summed E-state index contributed by atoms with van der Waals surface area (Å²) in [4.78, 5) is 25.4. The number of aliphatic hydroxyl groups is 3. The Hall–Kier alpha value is -2.09. The molecule has 1 aliphatic rings. The number of aliphatic hydroxyl groups excluding tert-OH is 3. The van der Waals surface area contributed by atoms with E-state index in [2.05, 4.69) is 43.9 Å². The lowest BCUT2D eigenvalue weighted by Crippen LogP contribution is -2.60. The van der Waals surface area contributed by atoms with Crippen LogP contribution in [0.2, 0.25) is 0 Å². The molecule has 4 N–H and O–H groups in total. The molecule has 0 amide bonds. The summed E-state index contributed by atoms with van der Waals surface area (Å²) in [5.41, 5.74) is 3.28. The number of rotatable bonds is 39. The van der Waals surface area contributed by atoms with Gasteiger partial charge in [0, 0.05) is 12.8 Å². The monoisotopic (exact) mass is 873 g/mol. The van der Waals surface area contributed by atoms with Gasteiger partial charge in [-0.3, -0.25) is 14.1 Å². The Kier molecular flexibility index (Phi) is 34.9. The maximum atomic E-state index is 12.8. The molecule has 0 saturated carbocycles. The van der Waals surface area contributed by atoms with E-state index in [1.165, 1.54) is 96.3 Å². The van der Waals surface area contributed by atoms with Crippen molar-refractivity contribution in [3.8, 4) is 0 Å². The first-order chi connectivity index (χ1) is 29.0. The van der Waals surface area contributed by atoms with E-state index in [9.17, 15) is 37.9 Å². The molecule has 0 bridgehead atoms. The number of esters is 2. The summed E-state index contributed by atoms with van der Waals surface area (Å²) in [5.74, 6) is -2.01. The molecule has 60 heavy (non-hydrogen) atoms. The van der Waals surface area contributed by atoms with Gasteiger partial charge in [0.25, 0.3) is 10.1 Å². The number of hydrogen-bond donors (Lipinski definition) is 4. The number of ether oxygens (including phenoxy) is 4. The zero-order valence-electron chi connectivity index (χ0n) is 37.4. The molecule has 12 nitrogen and oxygen atoms in total. The Balaban J connectivity index is 2.44. The molecule has 0 aromatic carbocycles. The van der Waals surface area contributed by atoms with Gasteiger partial charge in [-0.25, -0.2) is 0 Å². The molecule has 0 aliphatic carbocycles. The zero-order valence-corrected chi connectivity index (χ0v) is 38.2. The lowest BCUT2D eigenvalue weighted by molar-refractivity contribution is -0.297. The van der Waals surface area contributed by atoms with Crippen LogP contribution in [-0.4, -0.2) is 96.0 Å². The molecule has 0 spiro atoms. The van der Waals surface area contributed by atoms with E-state index in [0.717, 1.165) is 64.2 Å². The highest BCUT2D eigenvalue weighted by atomic mass is 32.2. The summed E-state index contributed by atoms with van der Waals surface area (Å²) in [6, 6.07) is 0. The highest BCUT2D eigenvalue weighted by molar-refractivity contribution is 7.85. The number of carbonyl (C=O) groups excluding carboxylic acids is 2. The van der Waals surface area contributed by atoms with Gasteiger partial charge in [0.2, 0.25) is 0 Å². The molecule has 1 aliphatic heterocycles. The van der Waals surface area contributed by atoms with Crippen molar-refractivity contribution in [2.75, 3.05) is 19.0 Å². The van der Waals surface area contributed by atoms with E-state index in [1.807, 2.05) is 0 Å². The molecule has 0 aromatic heterocycles. The van der Waals surface area contributed by atoms with Crippen molar-refractivity contribution in [3.05, 3.63) is 30.0 Å². The van der Waals surface area contributed by atoms with Crippen LogP contribution in [0.5, 0.6) is 0 Å². The highest BCUT2D eigenvalue weighted by Gasteiger charge is 2.46. The van der Waals surface area contributed by atoms with Crippen molar-refractivity contribution in [3.63, 3.8) is 0 Å². The Morgan fingerprint density at radius 1 is 0.600 bits per heavy atom. The Morgan fingerprint density at radius 3 is 1.55 bits per heavy atom. The topological polar surface area (TPSA) is 186 Å². The van der Waals surface area contributed by atoms with Crippen LogP contribution in [0, 0.1) is 0 Å². The van der Waals surface area contributed by atoms with E-state index >= 15 is 0 Å². The molecule has 1 saturated heterocycles. The van der Waals surface area contributed by atoms with Crippen molar-refractivity contribution < 1.29 is 56.8 Å². The van der Waals surface area contributed by atoms with Crippen molar-refractivity contribution in [1.29, 1.82) is 0 Å². The lowest BCUT2D eigenvalue weighted by Gasteiger charge is -2.40. The third kappa shape index (κ3) is 31.7. The number of allylic oxidation sites excluding steroid dienone is 3.